The monoisotopic (exact) mass is 480 g/mol. The number of alkyl carbamates (subject to hydrolysis) is 1. The van der Waals surface area contributed by atoms with Crippen LogP contribution in [0.5, 0.6) is 0 Å². The predicted octanol–water partition coefficient (Wildman–Crippen LogP) is 3.69. The quantitative estimate of drug-likeness (QED) is 0.557. The molecule has 0 spiro atoms. The van der Waals surface area contributed by atoms with E-state index in [0.29, 0.717) is 12.8 Å². The van der Waals surface area contributed by atoms with Crippen molar-refractivity contribution in [3.05, 3.63) is 59.7 Å². The summed E-state index contributed by atoms with van der Waals surface area (Å²) in [5.74, 6) is -1.66. The van der Waals surface area contributed by atoms with Crippen molar-refractivity contribution >= 4 is 18.0 Å². The summed E-state index contributed by atoms with van der Waals surface area (Å²) in [6, 6.07) is 14.6. The van der Waals surface area contributed by atoms with Gasteiger partial charge in [-0.2, -0.15) is 0 Å². The Morgan fingerprint density at radius 1 is 1.06 bits per heavy atom. The topological polar surface area (TPSA) is 114 Å². The van der Waals surface area contributed by atoms with Crippen molar-refractivity contribution in [1.29, 1.82) is 0 Å². The Morgan fingerprint density at radius 2 is 1.66 bits per heavy atom. The Kier molecular flexibility index (Phi) is 7.12. The maximum Gasteiger partial charge on any atom is 0.407 e. The highest BCUT2D eigenvalue weighted by Gasteiger charge is 2.37. The Hall–Kier alpha value is -3.39. The summed E-state index contributed by atoms with van der Waals surface area (Å²) in [6.07, 6.45) is -1.03. The van der Waals surface area contributed by atoms with Gasteiger partial charge in [0.1, 0.15) is 12.6 Å². The van der Waals surface area contributed by atoms with E-state index in [-0.39, 0.29) is 24.5 Å². The molecule has 1 aliphatic carbocycles. The van der Waals surface area contributed by atoms with E-state index in [0.717, 1.165) is 22.3 Å². The first-order valence-corrected chi connectivity index (χ1v) is 11.9. The van der Waals surface area contributed by atoms with E-state index >= 15 is 0 Å². The van der Waals surface area contributed by atoms with Gasteiger partial charge in [-0.3, -0.25) is 4.79 Å². The fraction of sp³-hybridized carbons (Fsp3) is 0.444. The van der Waals surface area contributed by atoms with Crippen LogP contribution >= 0.6 is 0 Å². The van der Waals surface area contributed by atoms with Crippen molar-refractivity contribution in [2.45, 2.75) is 57.7 Å². The van der Waals surface area contributed by atoms with E-state index in [2.05, 4.69) is 22.8 Å². The van der Waals surface area contributed by atoms with Crippen LogP contribution in [0.25, 0.3) is 11.1 Å². The molecule has 0 aromatic heterocycles. The lowest BCUT2D eigenvalue weighted by Gasteiger charge is -2.27. The van der Waals surface area contributed by atoms with Crippen LogP contribution in [-0.4, -0.2) is 54.5 Å². The van der Waals surface area contributed by atoms with Crippen molar-refractivity contribution in [2.24, 2.45) is 5.41 Å². The zero-order chi connectivity index (χ0) is 25.2. The van der Waals surface area contributed by atoms with E-state index in [1.807, 2.05) is 57.2 Å². The van der Waals surface area contributed by atoms with Crippen LogP contribution < -0.4 is 10.6 Å². The molecule has 1 aliphatic heterocycles. The summed E-state index contributed by atoms with van der Waals surface area (Å²) in [6.45, 7) is 6.29. The van der Waals surface area contributed by atoms with Crippen LogP contribution in [0, 0.1) is 5.41 Å². The fourth-order valence-electron chi connectivity index (χ4n) is 4.87. The van der Waals surface area contributed by atoms with E-state index in [1.165, 1.54) is 0 Å². The van der Waals surface area contributed by atoms with Gasteiger partial charge >= 0.3 is 12.1 Å². The number of benzene rings is 2. The maximum absolute atomic E-state index is 13.0. The molecule has 35 heavy (non-hydrogen) atoms. The smallest absolute Gasteiger partial charge is 0.407 e. The minimum atomic E-state index is -1.12. The van der Waals surface area contributed by atoms with E-state index < -0.39 is 36.2 Å². The van der Waals surface area contributed by atoms with Crippen molar-refractivity contribution in [1.82, 2.24) is 10.6 Å². The average Bonchev–Trinajstić information content (AvgIpc) is 3.39. The average molecular weight is 481 g/mol. The molecular weight excluding hydrogens is 448 g/mol. The standard InChI is InChI=1S/C27H32N2O6/c1-27(2,3)14-22(24(30)28-21-12-13-34-23(21)25(31)32)29-26(33)35-15-20-18-10-6-4-8-16(18)17-9-5-7-11-19(17)20/h4-11,20-23H,12-15H2,1-3H3,(H,28,30)(H,29,33)(H,31,32)/t21-,22?,23+/m0/s1. The van der Waals surface area contributed by atoms with E-state index in [4.69, 9.17) is 9.47 Å². The zero-order valence-electron chi connectivity index (χ0n) is 20.2. The third-order valence-electron chi connectivity index (χ3n) is 6.43. The van der Waals surface area contributed by atoms with Crippen molar-refractivity contribution in [3.8, 4) is 11.1 Å². The number of fused-ring (bicyclic) bond motifs is 3. The lowest BCUT2D eigenvalue weighted by atomic mass is 9.87. The summed E-state index contributed by atoms with van der Waals surface area (Å²) < 4.78 is 10.8. The molecule has 3 N–H and O–H groups in total. The van der Waals surface area contributed by atoms with Crippen molar-refractivity contribution in [2.75, 3.05) is 13.2 Å². The minimum Gasteiger partial charge on any atom is -0.479 e. The highest BCUT2D eigenvalue weighted by atomic mass is 16.5. The molecule has 8 heteroatoms. The first-order chi connectivity index (χ1) is 16.6. The molecule has 2 amide bonds. The molecule has 186 valence electrons. The molecule has 2 aromatic carbocycles. The molecule has 0 bridgehead atoms. The SMILES string of the molecule is CC(C)(C)CC(NC(=O)OCC1c2ccccc2-c2ccccc21)C(=O)N[C@H]1CCO[C@H]1C(=O)O. The number of aliphatic carboxylic acids is 1. The molecule has 2 aromatic rings. The van der Waals surface area contributed by atoms with Crippen LogP contribution in [0.15, 0.2) is 48.5 Å². The lowest BCUT2D eigenvalue weighted by molar-refractivity contribution is -0.148. The molecule has 1 saturated heterocycles. The second-order valence-electron chi connectivity index (χ2n) is 10.3. The van der Waals surface area contributed by atoms with Gasteiger partial charge in [0.2, 0.25) is 5.91 Å². The Morgan fingerprint density at radius 3 is 2.23 bits per heavy atom. The molecule has 1 fully saturated rings. The van der Waals surface area contributed by atoms with Crippen LogP contribution in [0.2, 0.25) is 0 Å². The number of nitrogens with one attached hydrogen (secondary N) is 2. The number of carbonyl (C=O) groups excluding carboxylic acids is 2. The third kappa shape index (κ3) is 5.65. The van der Waals surface area contributed by atoms with E-state index in [9.17, 15) is 19.5 Å². The molecule has 2 aliphatic rings. The van der Waals surface area contributed by atoms with Gasteiger partial charge in [0.25, 0.3) is 0 Å². The Balaban J connectivity index is 1.42. The van der Waals surface area contributed by atoms with Gasteiger partial charge in [-0.05, 0) is 40.5 Å². The number of carbonyl (C=O) groups is 3. The molecule has 0 saturated carbocycles. The van der Waals surface area contributed by atoms with Gasteiger partial charge in [0.15, 0.2) is 6.10 Å². The van der Waals surface area contributed by atoms with Crippen LogP contribution in [0.4, 0.5) is 4.79 Å². The van der Waals surface area contributed by atoms with E-state index in [1.54, 1.807) is 0 Å². The highest BCUT2D eigenvalue weighted by molar-refractivity contribution is 5.87. The molecule has 1 unspecified atom stereocenters. The molecule has 4 rings (SSSR count). The fourth-order valence-corrected chi connectivity index (χ4v) is 4.87. The summed E-state index contributed by atoms with van der Waals surface area (Å²) >= 11 is 0. The van der Waals surface area contributed by atoms with Crippen LogP contribution in [0.1, 0.15) is 50.7 Å². The predicted molar refractivity (Wildman–Crippen MR) is 130 cm³/mol. The molecule has 0 radical (unpaired) electrons. The first kappa shape index (κ1) is 24.7. The van der Waals surface area contributed by atoms with Gasteiger partial charge < -0.3 is 25.2 Å². The van der Waals surface area contributed by atoms with Crippen molar-refractivity contribution in [3.63, 3.8) is 0 Å². The number of hydrogen-bond acceptors (Lipinski definition) is 5. The number of hydrogen-bond donors (Lipinski definition) is 3. The minimum absolute atomic E-state index is 0.0880. The third-order valence-corrected chi connectivity index (χ3v) is 6.43. The summed E-state index contributed by atoms with van der Waals surface area (Å²) in [7, 11) is 0. The largest absolute Gasteiger partial charge is 0.479 e. The molecule has 1 heterocycles. The normalized spacial score (nSPS) is 20.0. The number of carboxylic acids is 1. The number of ether oxygens (including phenoxy) is 2. The molecule has 8 nitrogen and oxygen atoms in total. The highest BCUT2D eigenvalue weighted by Crippen LogP contribution is 2.44. The second-order valence-corrected chi connectivity index (χ2v) is 10.3. The van der Waals surface area contributed by atoms with Gasteiger partial charge in [0, 0.05) is 12.5 Å². The zero-order valence-corrected chi connectivity index (χ0v) is 20.2. The summed E-state index contributed by atoms with van der Waals surface area (Å²) in [4.78, 5) is 37.2. The first-order valence-electron chi connectivity index (χ1n) is 11.9. The Bertz CT molecular complexity index is 1060. The van der Waals surface area contributed by atoms with Gasteiger partial charge in [0.05, 0.1) is 6.04 Å². The Labute approximate surface area is 205 Å². The van der Waals surface area contributed by atoms with Crippen LogP contribution in [0.3, 0.4) is 0 Å². The molecule has 3 atom stereocenters. The lowest BCUT2D eigenvalue weighted by Crippen LogP contribution is -2.53. The van der Waals surface area contributed by atoms with Gasteiger partial charge in [-0.25, -0.2) is 9.59 Å². The van der Waals surface area contributed by atoms with Crippen molar-refractivity contribution < 1.29 is 29.0 Å². The number of amides is 2. The maximum atomic E-state index is 13.0. The summed E-state index contributed by atoms with van der Waals surface area (Å²) in [5.41, 5.74) is 4.21. The number of rotatable bonds is 7. The molecular formula is C27H32N2O6. The van der Waals surface area contributed by atoms with Crippen LogP contribution in [-0.2, 0) is 19.1 Å². The summed E-state index contributed by atoms with van der Waals surface area (Å²) in [5, 5.41) is 14.8. The van der Waals surface area contributed by atoms with Gasteiger partial charge in [-0.1, -0.05) is 69.3 Å². The van der Waals surface area contributed by atoms with Gasteiger partial charge in [-0.15, -0.1) is 0 Å². The second kappa shape index (κ2) is 10.1. The number of carboxylic acid groups (broad SMARTS) is 1.